The molecule has 1 aromatic carbocycles. The fourth-order valence-corrected chi connectivity index (χ4v) is 1.67. The molecular weight excluding hydrogens is 300 g/mol. The summed E-state index contributed by atoms with van der Waals surface area (Å²) in [4.78, 5) is 1.14. The highest BCUT2D eigenvalue weighted by Crippen LogP contribution is 2.21. The lowest BCUT2D eigenvalue weighted by atomic mass is 10.2. The van der Waals surface area contributed by atoms with Crippen molar-refractivity contribution in [2.24, 2.45) is 5.10 Å². The van der Waals surface area contributed by atoms with E-state index < -0.39 is 0 Å². The molecule has 1 heterocycles. The quantitative estimate of drug-likeness (QED) is 0.859. The number of ether oxygens (including phenoxy) is 1. The Bertz CT molecular complexity index is 567. The van der Waals surface area contributed by atoms with E-state index >= 15 is 0 Å². The Morgan fingerprint density at radius 1 is 1.56 bits per heavy atom. The second kappa shape index (κ2) is 5.58. The fraction of sp³-hybridized carbons (Fsp3) is 0.200. The second-order valence-corrected chi connectivity index (χ2v) is 4.20. The molecule has 7 nitrogen and oxygen atoms in total. The number of nitrogens with zero attached hydrogens (tertiary/aromatic N) is 5. The highest BCUT2D eigenvalue weighted by atomic mass is 79.9. The minimum absolute atomic E-state index is 0.124. The van der Waals surface area contributed by atoms with Gasteiger partial charge in [0, 0.05) is 10.0 Å². The predicted octanol–water partition coefficient (Wildman–Crippen LogP) is 1.30. The van der Waals surface area contributed by atoms with Gasteiger partial charge in [-0.05, 0) is 35.5 Å². The van der Waals surface area contributed by atoms with Crippen molar-refractivity contribution in [1.29, 1.82) is 0 Å². The molecule has 2 aromatic rings. The lowest BCUT2D eigenvalue weighted by Gasteiger charge is -2.06. The number of nitrogens with two attached hydrogens (primary N) is 1. The minimum atomic E-state index is 0.124. The zero-order valence-corrected chi connectivity index (χ0v) is 11.2. The first-order chi connectivity index (χ1) is 8.70. The third-order valence-electron chi connectivity index (χ3n) is 2.05. The summed E-state index contributed by atoms with van der Waals surface area (Å²) in [6, 6.07) is 5.64. The van der Waals surface area contributed by atoms with Crippen LogP contribution in [0.1, 0.15) is 12.5 Å². The van der Waals surface area contributed by atoms with E-state index in [1.54, 1.807) is 6.21 Å². The van der Waals surface area contributed by atoms with Crippen LogP contribution in [-0.2, 0) is 0 Å². The lowest BCUT2D eigenvalue weighted by Crippen LogP contribution is -2.01. The number of rotatable bonds is 4. The fourth-order valence-electron chi connectivity index (χ4n) is 1.30. The van der Waals surface area contributed by atoms with Crippen LogP contribution in [0.15, 0.2) is 27.8 Å². The van der Waals surface area contributed by atoms with Gasteiger partial charge in [0.15, 0.2) is 0 Å². The molecule has 0 bridgehead atoms. The van der Waals surface area contributed by atoms with Crippen molar-refractivity contribution in [3.63, 3.8) is 0 Å². The summed E-state index contributed by atoms with van der Waals surface area (Å²) >= 11 is 3.39. The first kappa shape index (κ1) is 12.5. The number of hydrogen-bond acceptors (Lipinski definition) is 6. The van der Waals surface area contributed by atoms with Crippen LogP contribution in [-0.4, -0.2) is 33.1 Å². The summed E-state index contributed by atoms with van der Waals surface area (Å²) in [5, 5.41) is 14.6. The van der Waals surface area contributed by atoms with Gasteiger partial charge >= 0.3 is 0 Å². The highest BCUT2D eigenvalue weighted by Gasteiger charge is 2.03. The van der Waals surface area contributed by atoms with Gasteiger partial charge in [0.05, 0.1) is 12.8 Å². The standard InChI is InChI=1S/C10H11BrN6O/c1-2-18-9-4-3-8(11)5-7(9)6-13-17-10(12)14-15-16-17/h3-6H,2H2,1H3,(H2,12,14,16)/b13-6-. The normalized spacial score (nSPS) is 11.0. The maximum absolute atomic E-state index is 5.50. The van der Waals surface area contributed by atoms with E-state index in [9.17, 15) is 0 Å². The molecular formula is C10H11BrN6O. The van der Waals surface area contributed by atoms with Crippen LogP contribution in [0.25, 0.3) is 0 Å². The van der Waals surface area contributed by atoms with Gasteiger partial charge in [0.1, 0.15) is 5.75 Å². The Morgan fingerprint density at radius 2 is 2.39 bits per heavy atom. The molecule has 0 unspecified atom stereocenters. The predicted molar refractivity (Wildman–Crippen MR) is 70.5 cm³/mol. The largest absolute Gasteiger partial charge is 0.493 e. The number of anilines is 1. The molecule has 0 aliphatic heterocycles. The monoisotopic (exact) mass is 310 g/mol. The Balaban J connectivity index is 2.30. The zero-order chi connectivity index (χ0) is 13.0. The van der Waals surface area contributed by atoms with Gasteiger partial charge < -0.3 is 10.5 Å². The third-order valence-corrected chi connectivity index (χ3v) is 2.55. The van der Waals surface area contributed by atoms with Gasteiger partial charge in [-0.1, -0.05) is 25.8 Å². The van der Waals surface area contributed by atoms with E-state index in [-0.39, 0.29) is 5.95 Å². The van der Waals surface area contributed by atoms with Crippen LogP contribution in [0.4, 0.5) is 5.95 Å². The molecule has 2 rings (SSSR count). The van der Waals surface area contributed by atoms with E-state index in [0.29, 0.717) is 6.61 Å². The second-order valence-electron chi connectivity index (χ2n) is 3.29. The van der Waals surface area contributed by atoms with Crippen LogP contribution in [0.2, 0.25) is 0 Å². The Hall–Kier alpha value is -1.96. The molecule has 2 N–H and O–H groups in total. The van der Waals surface area contributed by atoms with Crippen LogP contribution < -0.4 is 10.5 Å². The molecule has 94 valence electrons. The van der Waals surface area contributed by atoms with Gasteiger partial charge in [-0.15, -0.1) is 0 Å². The van der Waals surface area contributed by atoms with Crippen molar-refractivity contribution in [2.75, 3.05) is 12.3 Å². The average molecular weight is 311 g/mol. The Morgan fingerprint density at radius 3 is 3.06 bits per heavy atom. The number of hydrogen-bond donors (Lipinski definition) is 1. The molecule has 0 saturated heterocycles. The molecule has 0 saturated carbocycles. The SMILES string of the molecule is CCOc1ccc(Br)cc1/C=N\n1nnnc1N. The molecule has 0 amide bonds. The van der Waals surface area contributed by atoms with Gasteiger partial charge in [0.2, 0.25) is 0 Å². The lowest BCUT2D eigenvalue weighted by molar-refractivity contribution is 0.339. The van der Waals surface area contributed by atoms with Crippen molar-refractivity contribution in [2.45, 2.75) is 6.92 Å². The molecule has 0 spiro atoms. The summed E-state index contributed by atoms with van der Waals surface area (Å²) in [5.74, 6) is 0.857. The van der Waals surface area contributed by atoms with Gasteiger partial charge in [0.25, 0.3) is 5.95 Å². The summed E-state index contributed by atoms with van der Waals surface area (Å²) in [7, 11) is 0. The van der Waals surface area contributed by atoms with Gasteiger partial charge in [-0.2, -0.15) is 5.10 Å². The van der Waals surface area contributed by atoms with E-state index in [0.717, 1.165) is 20.6 Å². The summed E-state index contributed by atoms with van der Waals surface area (Å²) in [6.45, 7) is 2.50. The van der Waals surface area contributed by atoms with E-state index in [1.165, 1.54) is 0 Å². The van der Waals surface area contributed by atoms with Gasteiger partial charge in [-0.3, -0.25) is 0 Å². The highest BCUT2D eigenvalue weighted by molar-refractivity contribution is 9.10. The molecule has 0 fully saturated rings. The van der Waals surface area contributed by atoms with Gasteiger partial charge in [-0.25, -0.2) is 0 Å². The molecule has 0 atom stereocenters. The van der Waals surface area contributed by atoms with E-state index in [4.69, 9.17) is 10.5 Å². The number of tetrazole rings is 1. The maximum atomic E-state index is 5.50. The number of aromatic nitrogens is 4. The maximum Gasteiger partial charge on any atom is 0.263 e. The van der Waals surface area contributed by atoms with Crippen molar-refractivity contribution in [3.8, 4) is 5.75 Å². The molecule has 0 aliphatic rings. The van der Waals surface area contributed by atoms with Crippen molar-refractivity contribution >= 4 is 28.1 Å². The van der Waals surface area contributed by atoms with Crippen LogP contribution in [0.5, 0.6) is 5.75 Å². The van der Waals surface area contributed by atoms with Crippen LogP contribution in [0.3, 0.4) is 0 Å². The topological polar surface area (TPSA) is 91.2 Å². The smallest absolute Gasteiger partial charge is 0.263 e. The molecule has 0 aliphatic carbocycles. The summed E-state index contributed by atoms with van der Waals surface area (Å²) in [6.07, 6.45) is 1.59. The first-order valence-corrected chi connectivity index (χ1v) is 6.00. The molecule has 1 aromatic heterocycles. The Kier molecular flexibility index (Phi) is 3.88. The van der Waals surface area contributed by atoms with Crippen LogP contribution >= 0.6 is 15.9 Å². The van der Waals surface area contributed by atoms with Crippen molar-refractivity contribution < 1.29 is 4.74 Å². The minimum Gasteiger partial charge on any atom is -0.493 e. The molecule has 18 heavy (non-hydrogen) atoms. The summed E-state index contributed by atoms with van der Waals surface area (Å²) in [5.41, 5.74) is 6.31. The zero-order valence-electron chi connectivity index (χ0n) is 9.62. The van der Waals surface area contributed by atoms with E-state index in [1.807, 2.05) is 25.1 Å². The molecule has 8 heteroatoms. The summed E-state index contributed by atoms with van der Waals surface area (Å²) < 4.78 is 6.42. The van der Waals surface area contributed by atoms with Crippen LogP contribution in [0, 0.1) is 0 Å². The number of halogens is 1. The first-order valence-electron chi connectivity index (χ1n) is 5.21. The average Bonchev–Trinajstić information content (AvgIpc) is 2.75. The van der Waals surface area contributed by atoms with Crippen molar-refractivity contribution in [3.05, 3.63) is 28.2 Å². The number of nitrogen functional groups attached to an aromatic ring is 1. The number of benzene rings is 1. The van der Waals surface area contributed by atoms with E-state index in [2.05, 4.69) is 36.6 Å². The van der Waals surface area contributed by atoms with Crippen molar-refractivity contribution in [1.82, 2.24) is 20.3 Å². The molecule has 0 radical (unpaired) electrons. The third kappa shape index (κ3) is 2.83. The Labute approximate surface area is 112 Å².